The molecule has 0 aliphatic heterocycles. The van der Waals surface area contributed by atoms with Crippen molar-refractivity contribution < 1.29 is 9.59 Å². The minimum Gasteiger partial charge on any atom is -0.361 e. The monoisotopic (exact) mass is 389 g/mol. The maximum absolute atomic E-state index is 12.8. The zero-order valence-corrected chi connectivity index (χ0v) is 16.7. The van der Waals surface area contributed by atoms with Gasteiger partial charge in [0.2, 0.25) is 11.8 Å². The summed E-state index contributed by atoms with van der Waals surface area (Å²) < 4.78 is 0. The second-order valence-electron chi connectivity index (χ2n) is 7.95. The first kappa shape index (κ1) is 19.2. The Morgan fingerprint density at radius 2 is 1.86 bits per heavy atom. The van der Waals surface area contributed by atoms with E-state index >= 15 is 0 Å². The van der Waals surface area contributed by atoms with Crippen molar-refractivity contribution >= 4 is 22.7 Å². The van der Waals surface area contributed by atoms with E-state index in [2.05, 4.69) is 27.8 Å². The molecule has 3 N–H and O–H groups in total. The molecule has 3 aromatic rings. The Bertz CT molecular complexity index is 1000. The van der Waals surface area contributed by atoms with Crippen LogP contribution in [-0.2, 0) is 22.4 Å². The van der Waals surface area contributed by atoms with Gasteiger partial charge in [0.1, 0.15) is 6.04 Å². The summed E-state index contributed by atoms with van der Waals surface area (Å²) in [6.07, 6.45) is 5.47. The first-order valence-corrected chi connectivity index (χ1v) is 10.3. The van der Waals surface area contributed by atoms with Crippen LogP contribution in [0.15, 0.2) is 54.7 Å². The number of amides is 2. The number of H-pyrrole nitrogens is 1. The van der Waals surface area contributed by atoms with Crippen LogP contribution in [-0.4, -0.2) is 28.9 Å². The fourth-order valence-corrected chi connectivity index (χ4v) is 3.54. The Kier molecular flexibility index (Phi) is 5.65. The van der Waals surface area contributed by atoms with Crippen LogP contribution in [0.1, 0.15) is 36.0 Å². The van der Waals surface area contributed by atoms with E-state index in [0.717, 1.165) is 34.9 Å². The lowest BCUT2D eigenvalue weighted by Crippen LogP contribution is -2.48. The summed E-state index contributed by atoms with van der Waals surface area (Å²) >= 11 is 0. The quantitative estimate of drug-likeness (QED) is 0.552. The lowest BCUT2D eigenvalue weighted by Gasteiger charge is -2.18. The Morgan fingerprint density at radius 1 is 1.10 bits per heavy atom. The molecular weight excluding hydrogens is 362 g/mol. The zero-order chi connectivity index (χ0) is 20.2. The molecule has 0 saturated heterocycles. The molecule has 1 aliphatic rings. The molecule has 150 valence electrons. The molecule has 1 atom stereocenters. The predicted molar refractivity (Wildman–Crippen MR) is 115 cm³/mol. The van der Waals surface area contributed by atoms with E-state index in [9.17, 15) is 9.59 Å². The molecule has 0 radical (unpaired) electrons. The Labute approximate surface area is 170 Å². The molecule has 29 heavy (non-hydrogen) atoms. The number of aromatic nitrogens is 1. The average Bonchev–Trinajstić information content (AvgIpc) is 3.45. The normalized spacial score (nSPS) is 14.5. The molecule has 4 rings (SSSR count). The SMILES string of the molecule is Cc1ccc(CCC(=O)N[C@@H](Cc2c[nH]c3ccccc23)C(=O)NC2CC2)cc1. The van der Waals surface area contributed by atoms with E-state index in [1.54, 1.807) is 0 Å². The molecule has 1 aliphatic carbocycles. The molecule has 2 amide bonds. The van der Waals surface area contributed by atoms with Gasteiger partial charge in [-0.15, -0.1) is 0 Å². The van der Waals surface area contributed by atoms with Gasteiger partial charge in [0, 0.05) is 36.0 Å². The van der Waals surface area contributed by atoms with E-state index in [0.29, 0.717) is 19.3 Å². The molecule has 0 bridgehead atoms. The lowest BCUT2D eigenvalue weighted by atomic mass is 10.0. The highest BCUT2D eigenvalue weighted by atomic mass is 16.2. The van der Waals surface area contributed by atoms with Crippen LogP contribution in [0.25, 0.3) is 10.9 Å². The number of hydrogen-bond donors (Lipinski definition) is 3. The van der Waals surface area contributed by atoms with Gasteiger partial charge in [-0.1, -0.05) is 48.0 Å². The molecule has 1 saturated carbocycles. The van der Waals surface area contributed by atoms with E-state index < -0.39 is 6.04 Å². The van der Waals surface area contributed by atoms with Gasteiger partial charge in [0.25, 0.3) is 0 Å². The standard InChI is InChI=1S/C24H27N3O2/c1-16-6-8-17(9-7-16)10-13-23(28)27-22(24(29)26-19-11-12-19)14-18-15-25-21-5-3-2-4-20(18)21/h2-9,15,19,22,25H,10-14H2,1H3,(H,26,29)(H,27,28)/t22-/m0/s1. The largest absolute Gasteiger partial charge is 0.361 e. The fraction of sp³-hybridized carbons (Fsp3) is 0.333. The number of carbonyl (C=O) groups is 2. The van der Waals surface area contributed by atoms with Gasteiger partial charge in [-0.25, -0.2) is 0 Å². The van der Waals surface area contributed by atoms with E-state index in [4.69, 9.17) is 0 Å². The van der Waals surface area contributed by atoms with Crippen LogP contribution in [0.5, 0.6) is 0 Å². The number of rotatable bonds is 8. The summed E-state index contributed by atoms with van der Waals surface area (Å²) in [6, 6.07) is 15.9. The second kappa shape index (κ2) is 8.52. The van der Waals surface area contributed by atoms with Crippen molar-refractivity contribution in [1.29, 1.82) is 0 Å². The first-order valence-electron chi connectivity index (χ1n) is 10.3. The maximum Gasteiger partial charge on any atom is 0.243 e. The number of fused-ring (bicyclic) bond motifs is 1. The van der Waals surface area contributed by atoms with Crippen LogP contribution >= 0.6 is 0 Å². The van der Waals surface area contributed by atoms with Crippen molar-refractivity contribution in [2.45, 2.75) is 51.1 Å². The summed E-state index contributed by atoms with van der Waals surface area (Å²) in [5, 5.41) is 7.09. The smallest absolute Gasteiger partial charge is 0.243 e. The third-order valence-electron chi connectivity index (χ3n) is 5.44. The zero-order valence-electron chi connectivity index (χ0n) is 16.7. The van der Waals surface area contributed by atoms with Crippen LogP contribution in [0.4, 0.5) is 0 Å². The topological polar surface area (TPSA) is 74.0 Å². The number of para-hydroxylation sites is 1. The number of aryl methyl sites for hydroxylation is 2. The lowest BCUT2D eigenvalue weighted by molar-refractivity contribution is -0.129. The van der Waals surface area contributed by atoms with Crippen molar-refractivity contribution in [1.82, 2.24) is 15.6 Å². The number of aromatic amines is 1. The van der Waals surface area contributed by atoms with E-state index in [-0.39, 0.29) is 17.9 Å². The third-order valence-corrected chi connectivity index (χ3v) is 5.44. The van der Waals surface area contributed by atoms with Gasteiger partial charge < -0.3 is 15.6 Å². The number of nitrogens with one attached hydrogen (secondary N) is 3. The predicted octanol–water partition coefficient (Wildman–Crippen LogP) is 3.42. The molecule has 5 nitrogen and oxygen atoms in total. The maximum atomic E-state index is 12.8. The fourth-order valence-electron chi connectivity index (χ4n) is 3.54. The van der Waals surface area contributed by atoms with Crippen LogP contribution in [0.2, 0.25) is 0 Å². The highest BCUT2D eigenvalue weighted by Gasteiger charge is 2.29. The number of benzene rings is 2. The van der Waals surface area contributed by atoms with Gasteiger partial charge in [-0.05, 0) is 43.4 Å². The molecule has 0 spiro atoms. The van der Waals surface area contributed by atoms with Crippen molar-refractivity contribution in [2.24, 2.45) is 0 Å². The van der Waals surface area contributed by atoms with E-state index in [1.165, 1.54) is 5.56 Å². The molecule has 1 aromatic heterocycles. The van der Waals surface area contributed by atoms with E-state index in [1.807, 2.05) is 49.5 Å². The summed E-state index contributed by atoms with van der Waals surface area (Å²) in [4.78, 5) is 28.6. The van der Waals surface area contributed by atoms with Crippen molar-refractivity contribution in [3.05, 3.63) is 71.4 Å². The number of carbonyl (C=O) groups excluding carboxylic acids is 2. The van der Waals surface area contributed by atoms with Gasteiger partial charge in [0.05, 0.1) is 0 Å². The highest BCUT2D eigenvalue weighted by molar-refractivity contribution is 5.90. The molecule has 1 fully saturated rings. The molecule has 2 aromatic carbocycles. The summed E-state index contributed by atoms with van der Waals surface area (Å²) in [6.45, 7) is 2.05. The summed E-state index contributed by atoms with van der Waals surface area (Å²) in [5.74, 6) is -0.192. The van der Waals surface area contributed by atoms with Gasteiger partial charge in [0.15, 0.2) is 0 Å². The van der Waals surface area contributed by atoms with Gasteiger partial charge in [-0.3, -0.25) is 9.59 Å². The summed E-state index contributed by atoms with van der Waals surface area (Å²) in [5.41, 5.74) is 4.40. The van der Waals surface area contributed by atoms with Crippen LogP contribution in [0.3, 0.4) is 0 Å². The van der Waals surface area contributed by atoms with Crippen LogP contribution in [0, 0.1) is 6.92 Å². The number of hydrogen-bond acceptors (Lipinski definition) is 2. The average molecular weight is 389 g/mol. The highest BCUT2D eigenvalue weighted by Crippen LogP contribution is 2.21. The Morgan fingerprint density at radius 3 is 2.62 bits per heavy atom. The van der Waals surface area contributed by atoms with Gasteiger partial charge >= 0.3 is 0 Å². The van der Waals surface area contributed by atoms with Crippen molar-refractivity contribution in [2.75, 3.05) is 0 Å². The van der Waals surface area contributed by atoms with Crippen LogP contribution < -0.4 is 10.6 Å². The summed E-state index contributed by atoms with van der Waals surface area (Å²) in [7, 11) is 0. The Balaban J connectivity index is 1.42. The minimum absolute atomic E-state index is 0.0959. The Hall–Kier alpha value is -3.08. The molecule has 5 heteroatoms. The van der Waals surface area contributed by atoms with Crippen molar-refractivity contribution in [3.8, 4) is 0 Å². The van der Waals surface area contributed by atoms with Gasteiger partial charge in [-0.2, -0.15) is 0 Å². The second-order valence-corrected chi connectivity index (χ2v) is 7.95. The van der Waals surface area contributed by atoms with Crippen molar-refractivity contribution in [3.63, 3.8) is 0 Å². The molecule has 0 unspecified atom stereocenters. The molecule has 1 heterocycles. The minimum atomic E-state index is -0.569. The first-order chi connectivity index (χ1) is 14.1. The third kappa shape index (κ3) is 5.05. The molecular formula is C24H27N3O2.